The third-order valence-electron chi connectivity index (χ3n) is 6.45. The minimum Gasteiger partial charge on any atom is -0.353 e. The third-order valence-corrected chi connectivity index (χ3v) is 8.02. The largest absolute Gasteiger partial charge is 0.353 e. The van der Waals surface area contributed by atoms with Gasteiger partial charge in [-0.3, -0.25) is 0 Å². The summed E-state index contributed by atoms with van der Waals surface area (Å²) in [6, 6.07) is 19.5. The molecule has 0 amide bonds. The highest BCUT2D eigenvalue weighted by Gasteiger charge is 2.28. The summed E-state index contributed by atoms with van der Waals surface area (Å²) in [5.41, 5.74) is 3.44. The molecular weight excluding hydrogens is 484 g/mol. The highest BCUT2D eigenvalue weighted by molar-refractivity contribution is 7.92. The van der Waals surface area contributed by atoms with Crippen molar-refractivity contribution in [2.45, 2.75) is 27.2 Å². The van der Waals surface area contributed by atoms with Crippen LogP contribution in [0.2, 0.25) is 0 Å². The van der Waals surface area contributed by atoms with Gasteiger partial charge in [0.15, 0.2) is 5.65 Å². The second-order valence-electron chi connectivity index (χ2n) is 9.74. The van der Waals surface area contributed by atoms with Gasteiger partial charge in [0.1, 0.15) is 11.6 Å². The molecule has 0 N–H and O–H groups in total. The number of aromatic nitrogens is 4. The molecule has 1 fully saturated rings. The SMILES string of the molecule is Cc1nn(-c2ccccc2)c2nc(CC(C)C)nc(N3CCN(S(=O)(=O)/C=C/c4ccccc4)CC3)c12. The maximum atomic E-state index is 13.0. The van der Waals surface area contributed by atoms with Gasteiger partial charge < -0.3 is 4.90 Å². The molecule has 0 aliphatic carbocycles. The van der Waals surface area contributed by atoms with Crippen LogP contribution in [0.3, 0.4) is 0 Å². The molecule has 192 valence electrons. The monoisotopic (exact) mass is 516 g/mol. The molecule has 1 aliphatic heterocycles. The van der Waals surface area contributed by atoms with Crippen molar-refractivity contribution in [2.75, 3.05) is 31.1 Å². The van der Waals surface area contributed by atoms with E-state index < -0.39 is 10.0 Å². The zero-order valence-electron chi connectivity index (χ0n) is 21.4. The second-order valence-corrected chi connectivity index (χ2v) is 11.6. The van der Waals surface area contributed by atoms with Gasteiger partial charge in [-0.15, -0.1) is 0 Å². The van der Waals surface area contributed by atoms with Crippen molar-refractivity contribution in [3.8, 4) is 5.69 Å². The summed E-state index contributed by atoms with van der Waals surface area (Å²) in [5, 5.41) is 7.03. The lowest BCUT2D eigenvalue weighted by molar-refractivity contribution is 0.389. The fourth-order valence-corrected chi connectivity index (χ4v) is 5.78. The number of piperazine rings is 1. The predicted octanol–water partition coefficient (Wildman–Crippen LogP) is 4.45. The van der Waals surface area contributed by atoms with Crippen LogP contribution in [0.15, 0.2) is 66.1 Å². The number of rotatable bonds is 7. The molecule has 1 saturated heterocycles. The van der Waals surface area contributed by atoms with E-state index in [1.807, 2.05) is 72.3 Å². The Balaban J connectivity index is 1.44. The Kier molecular flexibility index (Phi) is 7.08. The van der Waals surface area contributed by atoms with Crippen LogP contribution in [-0.2, 0) is 16.4 Å². The van der Waals surface area contributed by atoms with E-state index in [9.17, 15) is 8.42 Å². The molecule has 8 nitrogen and oxygen atoms in total. The number of anilines is 1. The standard InChI is InChI=1S/C28H32N6O2S/c1-21(2)20-25-29-27(26-22(3)31-34(28(26)30-25)24-12-8-5-9-13-24)32-15-17-33(18-16-32)37(35,36)19-14-23-10-6-4-7-11-23/h4-14,19,21H,15-18,20H2,1-3H3/b19-14+. The molecule has 4 aromatic rings. The molecule has 0 saturated carbocycles. The average Bonchev–Trinajstić information content (AvgIpc) is 3.24. The number of hydrogen-bond donors (Lipinski definition) is 0. The average molecular weight is 517 g/mol. The summed E-state index contributed by atoms with van der Waals surface area (Å²) >= 11 is 0. The van der Waals surface area contributed by atoms with E-state index in [0.29, 0.717) is 32.1 Å². The van der Waals surface area contributed by atoms with Crippen molar-refractivity contribution in [1.82, 2.24) is 24.1 Å². The summed E-state index contributed by atoms with van der Waals surface area (Å²) in [5.74, 6) is 2.01. The van der Waals surface area contributed by atoms with Crippen LogP contribution >= 0.6 is 0 Å². The Bertz CT molecular complexity index is 1510. The minimum atomic E-state index is -3.52. The summed E-state index contributed by atoms with van der Waals surface area (Å²) in [4.78, 5) is 12.1. The number of nitrogens with zero attached hydrogens (tertiary/aromatic N) is 6. The first-order chi connectivity index (χ1) is 17.8. The fraction of sp³-hybridized carbons (Fsp3) is 0.321. The van der Waals surface area contributed by atoms with E-state index in [0.717, 1.165) is 46.0 Å². The van der Waals surface area contributed by atoms with Gasteiger partial charge in [0.2, 0.25) is 10.0 Å². The highest BCUT2D eigenvalue weighted by Crippen LogP contribution is 2.30. The molecule has 2 aromatic heterocycles. The van der Waals surface area contributed by atoms with Gasteiger partial charge in [0.25, 0.3) is 0 Å². The van der Waals surface area contributed by atoms with Gasteiger partial charge in [-0.25, -0.2) is 23.1 Å². The Morgan fingerprint density at radius 2 is 1.57 bits per heavy atom. The molecule has 2 aromatic carbocycles. The summed E-state index contributed by atoms with van der Waals surface area (Å²) in [6.45, 7) is 8.14. The number of fused-ring (bicyclic) bond motifs is 1. The topological polar surface area (TPSA) is 84.2 Å². The molecule has 0 bridgehead atoms. The van der Waals surface area contributed by atoms with Crippen molar-refractivity contribution >= 4 is 33.0 Å². The summed E-state index contributed by atoms with van der Waals surface area (Å²) < 4.78 is 29.4. The van der Waals surface area contributed by atoms with Crippen LogP contribution < -0.4 is 4.90 Å². The number of aryl methyl sites for hydroxylation is 1. The first-order valence-electron chi connectivity index (χ1n) is 12.6. The van der Waals surface area contributed by atoms with E-state index in [2.05, 4.69) is 18.7 Å². The number of benzene rings is 2. The lowest BCUT2D eigenvalue weighted by atomic mass is 10.1. The van der Waals surface area contributed by atoms with Crippen molar-refractivity contribution in [1.29, 1.82) is 0 Å². The van der Waals surface area contributed by atoms with Crippen LogP contribution in [-0.4, -0.2) is 58.7 Å². The second kappa shape index (κ2) is 10.4. The summed E-state index contributed by atoms with van der Waals surface area (Å²) in [7, 11) is -3.52. The lowest BCUT2D eigenvalue weighted by Gasteiger charge is -2.34. The molecule has 0 radical (unpaired) electrons. The predicted molar refractivity (Wildman–Crippen MR) is 148 cm³/mol. The Hall–Kier alpha value is -3.56. The number of hydrogen-bond acceptors (Lipinski definition) is 6. The maximum absolute atomic E-state index is 13.0. The van der Waals surface area contributed by atoms with Crippen LogP contribution in [0.1, 0.15) is 30.9 Å². The molecule has 3 heterocycles. The van der Waals surface area contributed by atoms with E-state index in [-0.39, 0.29) is 0 Å². The van der Waals surface area contributed by atoms with Crippen molar-refractivity contribution in [2.24, 2.45) is 5.92 Å². The Morgan fingerprint density at radius 1 is 0.919 bits per heavy atom. The molecule has 5 rings (SSSR count). The quantitative estimate of drug-likeness (QED) is 0.361. The van der Waals surface area contributed by atoms with E-state index in [4.69, 9.17) is 15.1 Å². The highest BCUT2D eigenvalue weighted by atomic mass is 32.2. The zero-order chi connectivity index (χ0) is 26.0. The van der Waals surface area contributed by atoms with Gasteiger partial charge in [-0.2, -0.15) is 9.40 Å². The zero-order valence-corrected chi connectivity index (χ0v) is 22.3. The van der Waals surface area contributed by atoms with E-state index >= 15 is 0 Å². The first kappa shape index (κ1) is 25.1. The Morgan fingerprint density at radius 3 is 2.22 bits per heavy atom. The van der Waals surface area contributed by atoms with Crippen molar-refractivity contribution < 1.29 is 8.42 Å². The molecule has 9 heteroatoms. The first-order valence-corrected chi connectivity index (χ1v) is 14.1. The maximum Gasteiger partial charge on any atom is 0.236 e. The van der Waals surface area contributed by atoms with Crippen LogP contribution in [0, 0.1) is 12.8 Å². The smallest absolute Gasteiger partial charge is 0.236 e. The van der Waals surface area contributed by atoms with Crippen molar-refractivity contribution in [3.05, 3.63) is 83.2 Å². The Labute approximate surface area is 218 Å². The molecule has 37 heavy (non-hydrogen) atoms. The minimum absolute atomic E-state index is 0.387. The molecule has 0 unspecified atom stereocenters. The van der Waals surface area contributed by atoms with Gasteiger partial charge in [0.05, 0.1) is 16.8 Å². The van der Waals surface area contributed by atoms with E-state index in [1.54, 1.807) is 6.08 Å². The molecule has 0 spiro atoms. The molecule has 1 aliphatic rings. The number of sulfonamides is 1. The van der Waals surface area contributed by atoms with E-state index in [1.165, 1.54) is 9.71 Å². The number of para-hydroxylation sites is 1. The van der Waals surface area contributed by atoms with Crippen LogP contribution in [0.4, 0.5) is 5.82 Å². The fourth-order valence-electron chi connectivity index (χ4n) is 4.61. The summed E-state index contributed by atoms with van der Waals surface area (Å²) in [6.07, 6.45) is 2.40. The van der Waals surface area contributed by atoms with Gasteiger partial charge >= 0.3 is 0 Å². The lowest BCUT2D eigenvalue weighted by Crippen LogP contribution is -2.48. The van der Waals surface area contributed by atoms with Gasteiger partial charge in [0, 0.05) is 38.0 Å². The van der Waals surface area contributed by atoms with Gasteiger partial charge in [-0.1, -0.05) is 62.4 Å². The molecule has 0 atom stereocenters. The van der Waals surface area contributed by atoms with Gasteiger partial charge in [-0.05, 0) is 36.6 Å². The third kappa shape index (κ3) is 5.42. The van der Waals surface area contributed by atoms with Crippen LogP contribution in [0.5, 0.6) is 0 Å². The van der Waals surface area contributed by atoms with Crippen LogP contribution in [0.25, 0.3) is 22.8 Å². The normalized spacial score (nSPS) is 15.3. The molecular formula is C28H32N6O2S. The van der Waals surface area contributed by atoms with Crippen molar-refractivity contribution in [3.63, 3.8) is 0 Å².